The number of fused-ring (bicyclic) bond motifs is 1. The maximum atomic E-state index is 12.5. The van der Waals surface area contributed by atoms with Gasteiger partial charge in [-0.2, -0.15) is 0 Å². The Morgan fingerprint density at radius 1 is 0.935 bits per heavy atom. The van der Waals surface area contributed by atoms with Gasteiger partial charge in [0.1, 0.15) is 0 Å². The van der Waals surface area contributed by atoms with Gasteiger partial charge in [0.2, 0.25) is 5.91 Å². The standard InChI is InChI=1S/C25H33N3O3/c1-18-13-23(30-2)24(31-3)15-21(18)16-27-9-11-28(12-10-27)17-25(29)26-22-8-7-19-5-4-6-20(19)14-22/h7-8,13-15H,4-6,9-12,16-17H2,1-3H3,(H,26,29). The predicted molar refractivity (Wildman–Crippen MR) is 123 cm³/mol. The van der Waals surface area contributed by atoms with Crippen molar-refractivity contribution in [1.82, 2.24) is 9.80 Å². The summed E-state index contributed by atoms with van der Waals surface area (Å²) >= 11 is 0. The minimum absolute atomic E-state index is 0.0714. The zero-order valence-corrected chi connectivity index (χ0v) is 18.9. The van der Waals surface area contributed by atoms with Gasteiger partial charge in [-0.25, -0.2) is 0 Å². The Hall–Kier alpha value is -2.57. The summed E-state index contributed by atoms with van der Waals surface area (Å²) in [4.78, 5) is 17.2. The number of benzene rings is 2. The van der Waals surface area contributed by atoms with Gasteiger partial charge < -0.3 is 14.8 Å². The minimum atomic E-state index is 0.0714. The number of piperazine rings is 1. The van der Waals surface area contributed by atoms with Crippen LogP contribution in [0, 0.1) is 6.92 Å². The third kappa shape index (κ3) is 5.20. The van der Waals surface area contributed by atoms with Gasteiger partial charge in [-0.1, -0.05) is 6.07 Å². The highest BCUT2D eigenvalue weighted by Gasteiger charge is 2.21. The average molecular weight is 424 g/mol. The molecule has 31 heavy (non-hydrogen) atoms. The Morgan fingerprint density at radius 2 is 1.61 bits per heavy atom. The Balaban J connectivity index is 1.26. The molecule has 0 atom stereocenters. The first-order valence-corrected chi connectivity index (χ1v) is 11.1. The summed E-state index contributed by atoms with van der Waals surface area (Å²) < 4.78 is 10.9. The van der Waals surface area contributed by atoms with Crippen molar-refractivity contribution in [3.05, 3.63) is 52.6 Å². The molecule has 1 aliphatic carbocycles. The molecule has 1 heterocycles. The van der Waals surface area contributed by atoms with Crippen LogP contribution in [0.5, 0.6) is 11.5 Å². The van der Waals surface area contributed by atoms with Crippen molar-refractivity contribution in [1.29, 1.82) is 0 Å². The molecule has 0 radical (unpaired) electrons. The normalized spacial score (nSPS) is 16.7. The van der Waals surface area contributed by atoms with E-state index in [1.807, 2.05) is 12.1 Å². The van der Waals surface area contributed by atoms with E-state index < -0.39 is 0 Å². The lowest BCUT2D eigenvalue weighted by Crippen LogP contribution is -2.48. The highest BCUT2D eigenvalue weighted by molar-refractivity contribution is 5.92. The van der Waals surface area contributed by atoms with Crippen LogP contribution in [0.1, 0.15) is 28.7 Å². The number of amides is 1. The molecule has 1 N–H and O–H groups in total. The molecule has 4 rings (SSSR count). The number of rotatable bonds is 7. The van der Waals surface area contributed by atoms with Gasteiger partial charge in [0, 0.05) is 38.4 Å². The number of anilines is 1. The molecule has 166 valence electrons. The third-order valence-electron chi connectivity index (χ3n) is 6.45. The second kappa shape index (κ2) is 9.71. The maximum Gasteiger partial charge on any atom is 0.238 e. The molecule has 6 heteroatoms. The molecule has 1 saturated heterocycles. The van der Waals surface area contributed by atoms with Gasteiger partial charge >= 0.3 is 0 Å². The number of carbonyl (C=O) groups is 1. The summed E-state index contributed by atoms with van der Waals surface area (Å²) in [6.45, 7) is 7.10. The fraction of sp³-hybridized carbons (Fsp3) is 0.480. The quantitative estimate of drug-likeness (QED) is 0.741. The Morgan fingerprint density at radius 3 is 2.35 bits per heavy atom. The van der Waals surface area contributed by atoms with Gasteiger partial charge in [0.15, 0.2) is 11.5 Å². The van der Waals surface area contributed by atoms with Gasteiger partial charge in [0.25, 0.3) is 0 Å². The van der Waals surface area contributed by atoms with Crippen molar-refractivity contribution in [3.8, 4) is 11.5 Å². The molecule has 2 aromatic rings. The number of hydrogen-bond acceptors (Lipinski definition) is 5. The zero-order valence-electron chi connectivity index (χ0n) is 18.9. The van der Waals surface area contributed by atoms with E-state index in [1.165, 1.54) is 28.7 Å². The Bertz CT molecular complexity index is 936. The van der Waals surface area contributed by atoms with Crippen molar-refractivity contribution in [3.63, 3.8) is 0 Å². The van der Waals surface area contributed by atoms with Crippen molar-refractivity contribution in [2.24, 2.45) is 0 Å². The van der Waals surface area contributed by atoms with Crippen molar-refractivity contribution in [2.75, 3.05) is 52.3 Å². The van der Waals surface area contributed by atoms with Crippen LogP contribution >= 0.6 is 0 Å². The monoisotopic (exact) mass is 423 g/mol. The van der Waals surface area contributed by atoms with Crippen LogP contribution in [-0.2, 0) is 24.2 Å². The maximum absolute atomic E-state index is 12.5. The van der Waals surface area contributed by atoms with Crippen LogP contribution in [0.3, 0.4) is 0 Å². The molecular weight excluding hydrogens is 390 g/mol. The van der Waals surface area contributed by atoms with Crippen LogP contribution in [0.25, 0.3) is 0 Å². The minimum Gasteiger partial charge on any atom is -0.493 e. The fourth-order valence-corrected chi connectivity index (χ4v) is 4.59. The molecule has 1 fully saturated rings. The van der Waals surface area contributed by atoms with E-state index in [0.29, 0.717) is 6.54 Å². The smallest absolute Gasteiger partial charge is 0.238 e. The Kier molecular flexibility index (Phi) is 6.78. The van der Waals surface area contributed by atoms with Crippen molar-refractivity contribution < 1.29 is 14.3 Å². The van der Waals surface area contributed by atoms with E-state index in [-0.39, 0.29) is 5.91 Å². The second-order valence-electron chi connectivity index (χ2n) is 8.57. The van der Waals surface area contributed by atoms with E-state index in [1.54, 1.807) is 14.2 Å². The molecular formula is C25H33N3O3. The van der Waals surface area contributed by atoms with E-state index in [4.69, 9.17) is 9.47 Å². The highest BCUT2D eigenvalue weighted by Crippen LogP contribution is 2.31. The fourth-order valence-electron chi connectivity index (χ4n) is 4.59. The number of methoxy groups -OCH3 is 2. The first-order chi connectivity index (χ1) is 15.1. The summed E-state index contributed by atoms with van der Waals surface area (Å²) in [6.07, 6.45) is 3.51. The molecule has 6 nitrogen and oxygen atoms in total. The molecule has 2 aromatic carbocycles. The lowest BCUT2D eigenvalue weighted by Gasteiger charge is -2.34. The second-order valence-corrected chi connectivity index (χ2v) is 8.57. The number of hydrogen-bond donors (Lipinski definition) is 1. The molecule has 1 aliphatic heterocycles. The lowest BCUT2D eigenvalue weighted by molar-refractivity contribution is -0.117. The third-order valence-corrected chi connectivity index (χ3v) is 6.45. The molecule has 0 unspecified atom stereocenters. The molecule has 0 aromatic heterocycles. The summed E-state index contributed by atoms with van der Waals surface area (Å²) in [5.41, 5.74) is 6.19. The van der Waals surface area contributed by atoms with E-state index in [9.17, 15) is 4.79 Å². The summed E-state index contributed by atoms with van der Waals surface area (Å²) in [5, 5.41) is 3.08. The largest absolute Gasteiger partial charge is 0.493 e. The van der Waals surface area contributed by atoms with Gasteiger partial charge in [0.05, 0.1) is 20.8 Å². The van der Waals surface area contributed by atoms with Crippen LogP contribution < -0.4 is 14.8 Å². The summed E-state index contributed by atoms with van der Waals surface area (Å²) in [5.74, 6) is 1.61. The first kappa shape index (κ1) is 21.7. The topological polar surface area (TPSA) is 54.0 Å². The Labute approximate surface area is 185 Å². The molecule has 0 saturated carbocycles. The van der Waals surface area contributed by atoms with Crippen molar-refractivity contribution in [2.45, 2.75) is 32.7 Å². The van der Waals surface area contributed by atoms with Gasteiger partial charge in [-0.15, -0.1) is 0 Å². The summed E-state index contributed by atoms with van der Waals surface area (Å²) in [6, 6.07) is 10.4. The van der Waals surface area contributed by atoms with Crippen LogP contribution in [0.4, 0.5) is 5.69 Å². The van der Waals surface area contributed by atoms with Gasteiger partial charge in [-0.05, 0) is 72.7 Å². The number of nitrogens with zero attached hydrogens (tertiary/aromatic N) is 2. The zero-order chi connectivity index (χ0) is 21.8. The van der Waals surface area contributed by atoms with Crippen LogP contribution in [-0.4, -0.2) is 62.7 Å². The van der Waals surface area contributed by atoms with E-state index >= 15 is 0 Å². The number of nitrogens with one attached hydrogen (secondary N) is 1. The number of aryl methyl sites for hydroxylation is 3. The number of carbonyl (C=O) groups excluding carboxylic acids is 1. The van der Waals surface area contributed by atoms with E-state index in [2.05, 4.69) is 40.2 Å². The predicted octanol–water partition coefficient (Wildman–Crippen LogP) is 3.26. The molecule has 0 bridgehead atoms. The van der Waals surface area contributed by atoms with E-state index in [0.717, 1.165) is 62.8 Å². The molecule has 0 spiro atoms. The average Bonchev–Trinajstić information content (AvgIpc) is 3.24. The molecule has 2 aliphatic rings. The van der Waals surface area contributed by atoms with Crippen LogP contribution in [0.15, 0.2) is 30.3 Å². The number of ether oxygens (including phenoxy) is 2. The summed E-state index contributed by atoms with van der Waals surface area (Å²) in [7, 11) is 3.33. The first-order valence-electron chi connectivity index (χ1n) is 11.1. The van der Waals surface area contributed by atoms with Crippen molar-refractivity contribution >= 4 is 11.6 Å². The molecule has 1 amide bonds. The van der Waals surface area contributed by atoms with Gasteiger partial charge in [-0.3, -0.25) is 14.6 Å². The SMILES string of the molecule is COc1cc(C)c(CN2CCN(CC(=O)Nc3ccc4c(c3)CCC4)CC2)cc1OC. The lowest BCUT2D eigenvalue weighted by atomic mass is 10.1. The highest BCUT2D eigenvalue weighted by atomic mass is 16.5. The van der Waals surface area contributed by atoms with Crippen LogP contribution in [0.2, 0.25) is 0 Å².